The zero-order valence-electron chi connectivity index (χ0n) is 16.7. The molecular weight excluding hydrogens is 362 g/mol. The number of nitrogens with one attached hydrogen (secondary N) is 2. The molecule has 1 fully saturated rings. The van der Waals surface area contributed by atoms with Gasteiger partial charge in [-0.25, -0.2) is 13.9 Å². The summed E-state index contributed by atoms with van der Waals surface area (Å²) in [7, 11) is -0.992. The maximum atomic E-state index is 12.5. The normalized spacial score (nSPS) is 22.0. The Bertz CT molecular complexity index is 601. The standard InChI is InChI=1S/C20H33N3O3S/c1-4-6-13-26-19-12-11-18(14-21-19)22-20(24)16-7-9-17(10-8-16)23-27(25)15(3)5-2/h11-12,14-17,23H,4-10,13H2,1-3H3,(H,22,24). The minimum Gasteiger partial charge on any atom is -0.478 e. The molecule has 1 heterocycles. The monoisotopic (exact) mass is 395 g/mol. The molecule has 0 aromatic carbocycles. The Morgan fingerprint density at radius 3 is 2.63 bits per heavy atom. The fourth-order valence-electron chi connectivity index (χ4n) is 3.01. The number of aromatic nitrogens is 1. The van der Waals surface area contributed by atoms with Gasteiger partial charge in [0.15, 0.2) is 0 Å². The summed E-state index contributed by atoms with van der Waals surface area (Å²) in [5.41, 5.74) is 0.695. The molecule has 2 rings (SSSR count). The molecule has 0 spiro atoms. The molecular formula is C20H33N3O3S. The fourth-order valence-corrected chi connectivity index (χ4v) is 4.11. The number of anilines is 1. The van der Waals surface area contributed by atoms with Crippen LogP contribution in [0.2, 0.25) is 0 Å². The number of carbonyl (C=O) groups is 1. The lowest BCUT2D eigenvalue weighted by Crippen LogP contribution is -2.39. The maximum Gasteiger partial charge on any atom is 0.227 e. The molecule has 6 nitrogen and oxygen atoms in total. The van der Waals surface area contributed by atoms with E-state index < -0.39 is 11.0 Å². The van der Waals surface area contributed by atoms with Crippen LogP contribution in [0.25, 0.3) is 0 Å². The smallest absolute Gasteiger partial charge is 0.227 e. The van der Waals surface area contributed by atoms with Crippen LogP contribution in [0.5, 0.6) is 5.88 Å². The highest BCUT2D eigenvalue weighted by atomic mass is 32.2. The van der Waals surface area contributed by atoms with E-state index in [-0.39, 0.29) is 23.1 Å². The molecule has 1 aromatic heterocycles. The minimum absolute atomic E-state index is 0.000523. The number of rotatable bonds is 10. The van der Waals surface area contributed by atoms with Crippen molar-refractivity contribution in [1.82, 2.24) is 9.71 Å². The number of carbonyl (C=O) groups excluding carboxylic acids is 1. The first-order valence-corrected chi connectivity index (χ1v) is 11.3. The zero-order chi connectivity index (χ0) is 19.6. The van der Waals surface area contributed by atoms with Crippen molar-refractivity contribution in [1.29, 1.82) is 0 Å². The van der Waals surface area contributed by atoms with Gasteiger partial charge in [-0.05, 0) is 51.5 Å². The molecule has 1 amide bonds. The highest BCUT2D eigenvalue weighted by Crippen LogP contribution is 2.26. The lowest BCUT2D eigenvalue weighted by atomic mass is 9.86. The van der Waals surface area contributed by atoms with Gasteiger partial charge >= 0.3 is 0 Å². The summed E-state index contributed by atoms with van der Waals surface area (Å²) in [4.78, 5) is 16.7. The molecule has 1 aliphatic carbocycles. The van der Waals surface area contributed by atoms with Gasteiger partial charge in [0.1, 0.15) is 0 Å². The molecule has 1 saturated carbocycles. The van der Waals surface area contributed by atoms with E-state index in [2.05, 4.69) is 21.9 Å². The Hall–Kier alpha value is -1.47. The molecule has 0 aliphatic heterocycles. The molecule has 2 N–H and O–H groups in total. The zero-order valence-corrected chi connectivity index (χ0v) is 17.5. The van der Waals surface area contributed by atoms with Crippen LogP contribution in [0, 0.1) is 5.92 Å². The summed E-state index contributed by atoms with van der Waals surface area (Å²) >= 11 is 0. The second kappa shape index (κ2) is 11.4. The summed E-state index contributed by atoms with van der Waals surface area (Å²) in [6.07, 6.45) is 8.00. The van der Waals surface area contributed by atoms with Gasteiger partial charge in [-0.2, -0.15) is 0 Å². The Kier molecular flexibility index (Phi) is 9.21. The van der Waals surface area contributed by atoms with Gasteiger partial charge in [0.25, 0.3) is 0 Å². The van der Waals surface area contributed by atoms with E-state index in [1.54, 1.807) is 12.3 Å². The summed E-state index contributed by atoms with van der Waals surface area (Å²) in [5.74, 6) is 0.626. The SMILES string of the molecule is CCCCOc1ccc(NC(=O)C2CCC(NS(=O)C(C)CC)CC2)cn1. The molecule has 7 heteroatoms. The van der Waals surface area contributed by atoms with Gasteiger partial charge in [-0.1, -0.05) is 20.3 Å². The highest BCUT2D eigenvalue weighted by Gasteiger charge is 2.27. The molecule has 2 unspecified atom stereocenters. The number of pyridine rings is 1. The van der Waals surface area contributed by atoms with Crippen molar-refractivity contribution in [2.45, 2.75) is 77.0 Å². The quantitative estimate of drug-likeness (QED) is 0.590. The first kappa shape index (κ1) is 21.8. The van der Waals surface area contributed by atoms with E-state index >= 15 is 0 Å². The molecule has 0 radical (unpaired) electrons. The van der Waals surface area contributed by atoms with Crippen LogP contribution >= 0.6 is 0 Å². The first-order valence-electron chi connectivity index (χ1n) is 10.1. The van der Waals surface area contributed by atoms with Crippen molar-refractivity contribution in [3.63, 3.8) is 0 Å². The van der Waals surface area contributed by atoms with E-state index in [4.69, 9.17) is 4.74 Å². The van der Waals surface area contributed by atoms with Crippen molar-refractivity contribution in [2.24, 2.45) is 5.92 Å². The third-order valence-corrected chi connectivity index (χ3v) is 6.70. The number of nitrogens with zero attached hydrogens (tertiary/aromatic N) is 1. The Morgan fingerprint density at radius 1 is 1.30 bits per heavy atom. The van der Waals surface area contributed by atoms with Crippen molar-refractivity contribution in [3.8, 4) is 5.88 Å². The second-order valence-corrected chi connectivity index (χ2v) is 8.89. The van der Waals surface area contributed by atoms with Crippen LogP contribution in [0.3, 0.4) is 0 Å². The Balaban J connectivity index is 1.75. The number of unbranched alkanes of at least 4 members (excludes halogenated alkanes) is 1. The third-order valence-electron chi connectivity index (χ3n) is 5.07. The van der Waals surface area contributed by atoms with Crippen LogP contribution in [-0.2, 0) is 15.8 Å². The number of hydrogen-bond donors (Lipinski definition) is 2. The van der Waals surface area contributed by atoms with E-state index in [0.717, 1.165) is 44.9 Å². The highest BCUT2D eigenvalue weighted by molar-refractivity contribution is 7.83. The second-order valence-electron chi connectivity index (χ2n) is 7.26. The van der Waals surface area contributed by atoms with E-state index in [9.17, 15) is 9.00 Å². The Labute approximate surface area is 165 Å². The van der Waals surface area contributed by atoms with Crippen molar-refractivity contribution < 1.29 is 13.7 Å². The molecule has 152 valence electrons. The van der Waals surface area contributed by atoms with Crippen molar-refractivity contribution >= 4 is 22.6 Å². The Morgan fingerprint density at radius 2 is 2.04 bits per heavy atom. The largest absolute Gasteiger partial charge is 0.478 e. The van der Waals surface area contributed by atoms with Gasteiger partial charge in [0.05, 0.1) is 29.5 Å². The van der Waals surface area contributed by atoms with Gasteiger partial charge in [0, 0.05) is 23.3 Å². The van der Waals surface area contributed by atoms with Gasteiger partial charge in [-0.15, -0.1) is 0 Å². The number of ether oxygens (including phenoxy) is 1. The molecule has 0 bridgehead atoms. The van der Waals surface area contributed by atoms with Crippen LogP contribution in [0.15, 0.2) is 18.3 Å². The number of hydrogen-bond acceptors (Lipinski definition) is 4. The summed E-state index contributed by atoms with van der Waals surface area (Å²) in [6, 6.07) is 3.86. The van der Waals surface area contributed by atoms with Crippen molar-refractivity contribution in [2.75, 3.05) is 11.9 Å². The van der Waals surface area contributed by atoms with E-state index in [0.29, 0.717) is 18.2 Å². The molecule has 1 aromatic rings. The first-order chi connectivity index (χ1) is 13.0. The van der Waals surface area contributed by atoms with Crippen LogP contribution in [-0.4, -0.2) is 33.0 Å². The van der Waals surface area contributed by atoms with Crippen LogP contribution in [0.4, 0.5) is 5.69 Å². The minimum atomic E-state index is -0.992. The average Bonchev–Trinajstić information content (AvgIpc) is 2.69. The van der Waals surface area contributed by atoms with Crippen LogP contribution < -0.4 is 14.8 Å². The lowest BCUT2D eigenvalue weighted by molar-refractivity contribution is -0.120. The average molecular weight is 396 g/mol. The topological polar surface area (TPSA) is 80.3 Å². The fraction of sp³-hybridized carbons (Fsp3) is 0.700. The molecule has 2 atom stereocenters. The maximum absolute atomic E-state index is 12.5. The van der Waals surface area contributed by atoms with E-state index in [1.807, 2.05) is 19.9 Å². The predicted octanol–water partition coefficient (Wildman–Crippen LogP) is 3.81. The summed E-state index contributed by atoms with van der Waals surface area (Å²) < 4.78 is 20.9. The van der Waals surface area contributed by atoms with E-state index in [1.165, 1.54) is 0 Å². The number of amides is 1. The van der Waals surface area contributed by atoms with Crippen LogP contribution in [0.1, 0.15) is 65.7 Å². The molecule has 1 aliphatic rings. The van der Waals surface area contributed by atoms with Crippen molar-refractivity contribution in [3.05, 3.63) is 18.3 Å². The molecule has 27 heavy (non-hydrogen) atoms. The lowest BCUT2D eigenvalue weighted by Gasteiger charge is -2.28. The molecule has 0 saturated heterocycles. The predicted molar refractivity (Wildman–Crippen MR) is 110 cm³/mol. The third kappa shape index (κ3) is 7.22. The van der Waals surface area contributed by atoms with Gasteiger partial charge in [0.2, 0.25) is 11.8 Å². The summed E-state index contributed by atoms with van der Waals surface area (Å²) in [6.45, 7) is 6.82. The van der Waals surface area contributed by atoms with Gasteiger partial charge < -0.3 is 10.1 Å². The summed E-state index contributed by atoms with van der Waals surface area (Å²) in [5, 5.41) is 3.11. The van der Waals surface area contributed by atoms with Gasteiger partial charge in [-0.3, -0.25) is 4.79 Å².